The second kappa shape index (κ2) is 7.95. The van der Waals surface area contributed by atoms with Gasteiger partial charge in [-0.2, -0.15) is 0 Å². The fourth-order valence-corrected chi connectivity index (χ4v) is 5.53. The van der Waals surface area contributed by atoms with Crippen molar-refractivity contribution in [3.8, 4) is 11.5 Å². The number of phenols is 1. The highest BCUT2D eigenvalue weighted by Crippen LogP contribution is 2.42. The number of phenolic OH excluding ortho intramolecular Hbond substituents is 1. The minimum Gasteiger partial charge on any atom is -0.507 e. The van der Waals surface area contributed by atoms with Crippen molar-refractivity contribution in [2.75, 3.05) is 13.1 Å². The molecule has 2 bridgehead atoms. The molecule has 0 spiro atoms. The molecule has 3 aliphatic heterocycles. The fourth-order valence-electron chi connectivity index (χ4n) is 5.53. The van der Waals surface area contributed by atoms with E-state index in [9.17, 15) is 19.1 Å². The topological polar surface area (TPSA) is 71.8 Å². The molecule has 1 aromatic heterocycles. The lowest BCUT2D eigenvalue weighted by atomic mass is 9.83. The number of ether oxygens (including phenoxy) is 1. The van der Waals surface area contributed by atoms with Crippen LogP contribution in [-0.2, 0) is 13.1 Å². The molecule has 0 saturated carbocycles. The number of Topliss-reactive ketones (excluding diaryl/α,β-unsaturated/α-hetero) is 1. The first-order valence-corrected chi connectivity index (χ1v) is 11.4. The van der Waals surface area contributed by atoms with Gasteiger partial charge in [0.05, 0.1) is 11.1 Å². The predicted octanol–water partition coefficient (Wildman–Crippen LogP) is 3.93. The van der Waals surface area contributed by atoms with E-state index in [1.54, 1.807) is 30.3 Å². The van der Waals surface area contributed by atoms with E-state index in [0.29, 0.717) is 35.9 Å². The summed E-state index contributed by atoms with van der Waals surface area (Å²) in [7, 11) is 0. The number of carbonyl (C=O) groups excluding carboxylic acids is 1. The van der Waals surface area contributed by atoms with Crippen LogP contribution >= 0.6 is 0 Å². The Morgan fingerprint density at radius 3 is 2.74 bits per heavy atom. The molecule has 0 radical (unpaired) electrons. The van der Waals surface area contributed by atoms with Gasteiger partial charge in [0.1, 0.15) is 17.3 Å². The van der Waals surface area contributed by atoms with Crippen LogP contribution in [0, 0.1) is 11.7 Å². The van der Waals surface area contributed by atoms with Gasteiger partial charge in [-0.25, -0.2) is 4.39 Å². The zero-order valence-corrected chi connectivity index (χ0v) is 18.4. The Bertz CT molecular complexity index is 1410. The van der Waals surface area contributed by atoms with Crippen molar-refractivity contribution in [3.05, 3.63) is 98.9 Å². The van der Waals surface area contributed by atoms with E-state index in [1.165, 1.54) is 18.2 Å². The molecule has 34 heavy (non-hydrogen) atoms. The summed E-state index contributed by atoms with van der Waals surface area (Å²) in [6.07, 6.45) is 2.43. The summed E-state index contributed by atoms with van der Waals surface area (Å²) in [5.41, 5.74) is 2.28. The smallest absolute Gasteiger partial charge is 0.250 e. The molecule has 1 N–H and O–H groups in total. The third kappa shape index (κ3) is 3.44. The summed E-state index contributed by atoms with van der Waals surface area (Å²) in [4.78, 5) is 27.5. The highest BCUT2D eigenvalue weighted by molar-refractivity contribution is 6.15. The molecule has 6 rings (SSSR count). The number of likely N-dealkylation sites (tertiary alicyclic amines) is 1. The maximum atomic E-state index is 14.1. The van der Waals surface area contributed by atoms with Crippen LogP contribution in [0.5, 0.6) is 11.5 Å². The molecule has 0 amide bonds. The quantitative estimate of drug-likeness (QED) is 0.603. The number of aromatic hydroxyl groups is 1. The van der Waals surface area contributed by atoms with Gasteiger partial charge in [-0.3, -0.25) is 14.5 Å². The van der Waals surface area contributed by atoms with Crippen molar-refractivity contribution in [2.45, 2.75) is 25.4 Å². The lowest BCUT2D eigenvalue weighted by Crippen LogP contribution is -2.46. The van der Waals surface area contributed by atoms with Gasteiger partial charge in [0.15, 0.2) is 5.76 Å². The minimum atomic E-state index is -0.440. The number of nitrogens with zero attached hydrogens (tertiary/aromatic N) is 2. The van der Waals surface area contributed by atoms with E-state index in [-0.39, 0.29) is 34.3 Å². The first-order valence-electron chi connectivity index (χ1n) is 11.4. The van der Waals surface area contributed by atoms with Crippen molar-refractivity contribution >= 4 is 11.9 Å². The van der Waals surface area contributed by atoms with Gasteiger partial charge in [-0.1, -0.05) is 24.3 Å². The van der Waals surface area contributed by atoms with Gasteiger partial charge in [-0.15, -0.1) is 0 Å². The molecule has 2 atom stereocenters. The van der Waals surface area contributed by atoms with E-state index in [2.05, 4.69) is 4.90 Å². The average molecular weight is 458 g/mol. The monoisotopic (exact) mass is 458 g/mol. The van der Waals surface area contributed by atoms with Crippen LogP contribution in [-0.4, -0.2) is 33.4 Å². The lowest BCUT2D eigenvalue weighted by molar-refractivity contribution is 0.101. The number of hydrogen-bond donors (Lipinski definition) is 1. The highest BCUT2D eigenvalue weighted by atomic mass is 19.1. The Morgan fingerprint density at radius 1 is 1.03 bits per heavy atom. The van der Waals surface area contributed by atoms with E-state index in [0.717, 1.165) is 25.2 Å². The molecule has 3 aliphatic rings. The molecule has 172 valence electrons. The van der Waals surface area contributed by atoms with Crippen molar-refractivity contribution in [2.24, 2.45) is 5.92 Å². The van der Waals surface area contributed by atoms with E-state index < -0.39 is 5.82 Å². The number of halogens is 1. The summed E-state index contributed by atoms with van der Waals surface area (Å²) in [6, 6.07) is 14.7. The van der Waals surface area contributed by atoms with Crippen molar-refractivity contribution in [1.29, 1.82) is 0 Å². The molecule has 2 aromatic carbocycles. The zero-order valence-electron chi connectivity index (χ0n) is 18.4. The van der Waals surface area contributed by atoms with Gasteiger partial charge >= 0.3 is 0 Å². The number of piperidine rings is 1. The summed E-state index contributed by atoms with van der Waals surface area (Å²) in [6.45, 7) is 2.63. The Hall–Kier alpha value is -3.71. The molecular weight excluding hydrogens is 435 g/mol. The Balaban J connectivity index is 1.29. The van der Waals surface area contributed by atoms with Gasteiger partial charge < -0.3 is 14.4 Å². The number of aromatic nitrogens is 1. The SMILES string of the molecule is O=C1/C(=C/c2ccccc2F)Oc2c1ccc(O)c2CN1C[C@H]2C[C@@H](C1)c1cccc(=O)n1C2. The molecule has 3 aromatic rings. The first-order chi connectivity index (χ1) is 16.5. The molecule has 7 heteroatoms. The van der Waals surface area contributed by atoms with Gasteiger partial charge in [0.2, 0.25) is 5.78 Å². The number of fused-ring (bicyclic) bond motifs is 5. The Labute approximate surface area is 195 Å². The maximum absolute atomic E-state index is 14.1. The fraction of sp³-hybridized carbons (Fsp3) is 0.259. The first kappa shape index (κ1) is 20.9. The summed E-state index contributed by atoms with van der Waals surface area (Å²) < 4.78 is 21.9. The molecule has 1 fully saturated rings. The average Bonchev–Trinajstić information content (AvgIpc) is 3.13. The van der Waals surface area contributed by atoms with Crippen molar-refractivity contribution in [1.82, 2.24) is 9.47 Å². The predicted molar refractivity (Wildman–Crippen MR) is 124 cm³/mol. The van der Waals surface area contributed by atoms with Crippen LogP contribution in [0.1, 0.15) is 39.5 Å². The van der Waals surface area contributed by atoms with Crippen LogP contribution in [0.2, 0.25) is 0 Å². The standard InChI is InChI=1S/C27H23FN2O4/c28-21-5-2-1-4-17(21)11-24-26(33)19-8-9-23(31)20(27(19)34-24)15-29-12-16-10-18(14-29)22-6-3-7-25(32)30(22)13-16/h1-9,11,16,18,31H,10,12-15H2/b24-11-/t16-,18+/m1/s1. The number of ketones is 1. The number of rotatable bonds is 3. The van der Waals surface area contributed by atoms with Crippen molar-refractivity contribution in [3.63, 3.8) is 0 Å². The normalized spacial score (nSPS) is 22.4. The van der Waals surface area contributed by atoms with Crippen LogP contribution in [0.4, 0.5) is 4.39 Å². The largest absolute Gasteiger partial charge is 0.507 e. The molecule has 6 nitrogen and oxygen atoms in total. The van der Waals surface area contributed by atoms with Crippen LogP contribution in [0.3, 0.4) is 0 Å². The molecule has 1 saturated heterocycles. The van der Waals surface area contributed by atoms with Gasteiger partial charge in [-0.05, 0) is 42.7 Å². The van der Waals surface area contributed by atoms with Crippen LogP contribution in [0.25, 0.3) is 6.08 Å². The number of carbonyl (C=O) groups is 1. The van der Waals surface area contributed by atoms with Crippen LogP contribution in [0.15, 0.2) is 65.2 Å². The number of hydrogen-bond acceptors (Lipinski definition) is 5. The highest BCUT2D eigenvalue weighted by Gasteiger charge is 2.36. The maximum Gasteiger partial charge on any atom is 0.250 e. The lowest BCUT2D eigenvalue weighted by Gasteiger charge is -2.42. The Kier molecular flexibility index (Phi) is 4.88. The summed E-state index contributed by atoms with van der Waals surface area (Å²) in [5.74, 6) is 0.235. The molecule has 4 heterocycles. The second-order valence-corrected chi connectivity index (χ2v) is 9.29. The van der Waals surface area contributed by atoms with E-state index in [4.69, 9.17) is 4.74 Å². The molecular formula is C27H23FN2O4. The third-order valence-corrected chi connectivity index (χ3v) is 7.05. The zero-order chi connectivity index (χ0) is 23.4. The van der Waals surface area contributed by atoms with Crippen LogP contribution < -0.4 is 10.3 Å². The van der Waals surface area contributed by atoms with Gasteiger partial charge in [0.25, 0.3) is 5.56 Å². The van der Waals surface area contributed by atoms with E-state index >= 15 is 0 Å². The number of allylic oxidation sites excluding steroid dienone is 1. The Morgan fingerprint density at radius 2 is 1.88 bits per heavy atom. The third-order valence-electron chi connectivity index (χ3n) is 7.05. The number of benzene rings is 2. The second-order valence-electron chi connectivity index (χ2n) is 9.29. The van der Waals surface area contributed by atoms with Gasteiger partial charge in [0, 0.05) is 49.4 Å². The minimum absolute atomic E-state index is 0.0377. The molecule has 0 unspecified atom stereocenters. The van der Waals surface area contributed by atoms with E-state index in [1.807, 2.05) is 16.7 Å². The molecule has 0 aliphatic carbocycles. The van der Waals surface area contributed by atoms with Crippen molar-refractivity contribution < 1.29 is 19.0 Å². The summed E-state index contributed by atoms with van der Waals surface area (Å²) in [5, 5.41) is 10.7. The summed E-state index contributed by atoms with van der Waals surface area (Å²) >= 11 is 0. The number of pyridine rings is 1.